The molecule has 0 spiro atoms. The van der Waals surface area contributed by atoms with Crippen LogP contribution < -0.4 is 4.74 Å². The van der Waals surface area contributed by atoms with Crippen molar-refractivity contribution in [3.8, 4) is 17.0 Å². The molecule has 1 N–H and O–H groups in total. The van der Waals surface area contributed by atoms with E-state index in [1.807, 2.05) is 48.5 Å². The van der Waals surface area contributed by atoms with E-state index in [2.05, 4.69) is 10.2 Å². The molecule has 0 aliphatic heterocycles. The maximum absolute atomic E-state index is 12.0. The van der Waals surface area contributed by atoms with Crippen LogP contribution in [0.15, 0.2) is 66.7 Å². The molecule has 4 nitrogen and oxygen atoms in total. The summed E-state index contributed by atoms with van der Waals surface area (Å²) in [6, 6.07) is 18.7. The molecule has 0 atom stereocenters. The molecule has 0 bridgehead atoms. The van der Waals surface area contributed by atoms with Gasteiger partial charge in [0.25, 0.3) is 0 Å². The Bertz CT molecular complexity index is 818. The second-order valence-electron chi connectivity index (χ2n) is 5.00. The van der Waals surface area contributed by atoms with Gasteiger partial charge < -0.3 is 4.74 Å². The largest absolute Gasteiger partial charge is 0.497 e. The van der Waals surface area contributed by atoms with Crippen molar-refractivity contribution in [1.82, 2.24) is 10.2 Å². The van der Waals surface area contributed by atoms with E-state index in [-0.39, 0.29) is 5.78 Å². The second-order valence-corrected chi connectivity index (χ2v) is 5.00. The SMILES string of the molecule is COc1ccc(-c2cc(/C=C/C(=O)c3ccccc3)[nH]n2)cc1. The van der Waals surface area contributed by atoms with E-state index in [0.717, 1.165) is 22.7 Å². The average Bonchev–Trinajstić information content (AvgIpc) is 3.09. The first kappa shape index (κ1) is 14.8. The minimum Gasteiger partial charge on any atom is -0.497 e. The Labute approximate surface area is 134 Å². The van der Waals surface area contributed by atoms with Crippen LogP contribution in [0.3, 0.4) is 0 Å². The number of nitrogens with one attached hydrogen (secondary N) is 1. The number of benzene rings is 2. The number of H-pyrrole nitrogens is 1. The summed E-state index contributed by atoms with van der Waals surface area (Å²) >= 11 is 0. The molecule has 23 heavy (non-hydrogen) atoms. The third-order valence-electron chi connectivity index (χ3n) is 3.46. The summed E-state index contributed by atoms with van der Waals surface area (Å²) in [4.78, 5) is 12.0. The van der Waals surface area contributed by atoms with Crippen LogP contribution in [0.25, 0.3) is 17.3 Å². The highest BCUT2D eigenvalue weighted by Crippen LogP contribution is 2.21. The third-order valence-corrected chi connectivity index (χ3v) is 3.46. The van der Waals surface area contributed by atoms with Crippen molar-refractivity contribution in [1.29, 1.82) is 0 Å². The number of carbonyl (C=O) groups excluding carboxylic acids is 1. The third kappa shape index (κ3) is 3.55. The molecule has 0 saturated carbocycles. The molecule has 1 aromatic heterocycles. The van der Waals surface area contributed by atoms with Crippen LogP contribution in [-0.2, 0) is 0 Å². The fourth-order valence-corrected chi connectivity index (χ4v) is 2.20. The normalized spacial score (nSPS) is 10.8. The van der Waals surface area contributed by atoms with Crippen molar-refractivity contribution in [3.05, 3.63) is 78.0 Å². The molecule has 0 radical (unpaired) electrons. The van der Waals surface area contributed by atoms with Crippen LogP contribution in [0.5, 0.6) is 5.75 Å². The fourth-order valence-electron chi connectivity index (χ4n) is 2.20. The van der Waals surface area contributed by atoms with Gasteiger partial charge in [0.1, 0.15) is 5.75 Å². The first-order valence-corrected chi connectivity index (χ1v) is 7.23. The zero-order valence-electron chi connectivity index (χ0n) is 12.7. The number of ketones is 1. The van der Waals surface area contributed by atoms with Gasteiger partial charge in [-0.05, 0) is 42.5 Å². The van der Waals surface area contributed by atoms with E-state index in [4.69, 9.17) is 4.74 Å². The van der Waals surface area contributed by atoms with E-state index in [0.29, 0.717) is 5.56 Å². The summed E-state index contributed by atoms with van der Waals surface area (Å²) in [6.07, 6.45) is 3.27. The predicted octanol–water partition coefficient (Wildman–Crippen LogP) is 3.98. The molecule has 114 valence electrons. The van der Waals surface area contributed by atoms with Gasteiger partial charge in [0, 0.05) is 11.1 Å². The number of methoxy groups -OCH3 is 1. The van der Waals surface area contributed by atoms with Crippen molar-refractivity contribution >= 4 is 11.9 Å². The van der Waals surface area contributed by atoms with E-state index in [9.17, 15) is 4.79 Å². The lowest BCUT2D eigenvalue weighted by Crippen LogP contribution is -1.92. The number of rotatable bonds is 5. The molecule has 0 fully saturated rings. The first-order chi connectivity index (χ1) is 11.3. The number of allylic oxidation sites excluding steroid dienone is 1. The standard InChI is InChI=1S/C19H16N2O2/c1-23-17-10-7-14(8-11-17)18-13-16(20-21-18)9-12-19(22)15-5-3-2-4-6-15/h2-13H,1H3,(H,20,21)/b12-9+. The zero-order valence-corrected chi connectivity index (χ0v) is 12.7. The number of hydrogen-bond acceptors (Lipinski definition) is 3. The maximum Gasteiger partial charge on any atom is 0.185 e. The zero-order chi connectivity index (χ0) is 16.1. The van der Waals surface area contributed by atoms with Crippen molar-refractivity contribution in [3.63, 3.8) is 0 Å². The van der Waals surface area contributed by atoms with Gasteiger partial charge in [-0.2, -0.15) is 5.10 Å². The molecule has 3 aromatic rings. The van der Waals surface area contributed by atoms with Crippen LogP contribution in [-0.4, -0.2) is 23.1 Å². The van der Waals surface area contributed by atoms with Gasteiger partial charge in [-0.15, -0.1) is 0 Å². The minimum atomic E-state index is -0.0359. The van der Waals surface area contributed by atoms with E-state index >= 15 is 0 Å². The van der Waals surface area contributed by atoms with Gasteiger partial charge >= 0.3 is 0 Å². The highest BCUT2D eigenvalue weighted by Gasteiger charge is 2.04. The predicted molar refractivity (Wildman–Crippen MR) is 90.4 cm³/mol. The average molecular weight is 304 g/mol. The smallest absolute Gasteiger partial charge is 0.185 e. The molecule has 0 aliphatic rings. The first-order valence-electron chi connectivity index (χ1n) is 7.23. The summed E-state index contributed by atoms with van der Waals surface area (Å²) in [5, 5.41) is 7.18. The molecule has 0 saturated heterocycles. The number of hydrogen-bond donors (Lipinski definition) is 1. The lowest BCUT2D eigenvalue weighted by Gasteiger charge is -1.99. The van der Waals surface area contributed by atoms with Crippen molar-refractivity contribution in [2.45, 2.75) is 0 Å². The Balaban J connectivity index is 1.74. The molecule has 3 rings (SSSR count). The van der Waals surface area contributed by atoms with Crippen molar-refractivity contribution in [2.75, 3.05) is 7.11 Å². The lowest BCUT2D eigenvalue weighted by atomic mass is 10.1. The topological polar surface area (TPSA) is 55.0 Å². The molecule has 1 heterocycles. The van der Waals surface area contributed by atoms with Crippen molar-refractivity contribution in [2.24, 2.45) is 0 Å². The molecule has 0 unspecified atom stereocenters. The molecular weight excluding hydrogens is 288 g/mol. The number of ether oxygens (including phenoxy) is 1. The van der Waals surface area contributed by atoms with Crippen molar-refractivity contribution < 1.29 is 9.53 Å². The molecule has 4 heteroatoms. The van der Waals surface area contributed by atoms with Gasteiger partial charge in [-0.25, -0.2) is 0 Å². The van der Waals surface area contributed by atoms with E-state index < -0.39 is 0 Å². The number of nitrogens with zero attached hydrogens (tertiary/aromatic N) is 1. The number of aromatic amines is 1. The van der Waals surface area contributed by atoms with Crippen LogP contribution in [0, 0.1) is 0 Å². The van der Waals surface area contributed by atoms with E-state index in [1.54, 1.807) is 31.4 Å². The monoisotopic (exact) mass is 304 g/mol. The lowest BCUT2D eigenvalue weighted by molar-refractivity contribution is 0.104. The van der Waals surface area contributed by atoms with Gasteiger partial charge in [0.15, 0.2) is 5.78 Å². The molecule has 0 amide bonds. The Hall–Kier alpha value is -3.14. The summed E-state index contributed by atoms with van der Waals surface area (Å²) in [5.74, 6) is 0.768. The summed E-state index contributed by atoms with van der Waals surface area (Å²) in [7, 11) is 1.64. The Morgan fingerprint density at radius 1 is 1.09 bits per heavy atom. The summed E-state index contributed by atoms with van der Waals surface area (Å²) in [6.45, 7) is 0. The van der Waals surface area contributed by atoms with E-state index in [1.165, 1.54) is 0 Å². The van der Waals surface area contributed by atoms with Crippen LogP contribution in [0.1, 0.15) is 16.1 Å². The molecular formula is C19H16N2O2. The Kier molecular flexibility index (Phi) is 4.34. The van der Waals surface area contributed by atoms with Crippen LogP contribution in [0.4, 0.5) is 0 Å². The minimum absolute atomic E-state index is 0.0359. The summed E-state index contributed by atoms with van der Waals surface area (Å²) in [5.41, 5.74) is 3.24. The van der Waals surface area contributed by atoms with Gasteiger partial charge in [0.05, 0.1) is 18.5 Å². The highest BCUT2D eigenvalue weighted by molar-refractivity contribution is 6.06. The number of aromatic nitrogens is 2. The molecule has 0 aliphatic carbocycles. The van der Waals surface area contributed by atoms with Gasteiger partial charge in [0.2, 0.25) is 0 Å². The quantitative estimate of drug-likeness (QED) is 0.573. The fraction of sp³-hybridized carbons (Fsp3) is 0.0526. The van der Waals surface area contributed by atoms with Gasteiger partial charge in [-0.3, -0.25) is 9.89 Å². The van der Waals surface area contributed by atoms with Crippen LogP contribution >= 0.6 is 0 Å². The maximum atomic E-state index is 12.0. The number of carbonyl (C=O) groups is 1. The summed E-state index contributed by atoms with van der Waals surface area (Å²) < 4.78 is 5.14. The van der Waals surface area contributed by atoms with Crippen LogP contribution in [0.2, 0.25) is 0 Å². The Morgan fingerprint density at radius 2 is 1.83 bits per heavy atom. The van der Waals surface area contributed by atoms with Gasteiger partial charge in [-0.1, -0.05) is 30.3 Å². The molecule has 2 aromatic carbocycles. The second kappa shape index (κ2) is 6.75. The highest BCUT2D eigenvalue weighted by atomic mass is 16.5. The Morgan fingerprint density at radius 3 is 2.52 bits per heavy atom.